The number of carbonyl (C=O) groups is 2. The van der Waals surface area contributed by atoms with Crippen LogP contribution in [0.15, 0.2) is 48.0 Å². The smallest absolute Gasteiger partial charge is 0.295 e. The van der Waals surface area contributed by atoms with Crippen LogP contribution in [0.2, 0.25) is 5.02 Å². The third-order valence-electron chi connectivity index (χ3n) is 5.63. The summed E-state index contributed by atoms with van der Waals surface area (Å²) in [5.41, 5.74) is 1.11. The van der Waals surface area contributed by atoms with Gasteiger partial charge in [0.15, 0.2) is 11.5 Å². The van der Waals surface area contributed by atoms with Crippen molar-refractivity contribution in [3.63, 3.8) is 0 Å². The molecule has 1 aliphatic heterocycles. The summed E-state index contributed by atoms with van der Waals surface area (Å²) in [6.07, 6.45) is 1.52. The number of amides is 1. The first-order valence-corrected chi connectivity index (χ1v) is 11.7. The molecule has 2 aromatic carbocycles. The number of rotatable bonds is 10. The Hall–Kier alpha value is -3.03. The van der Waals surface area contributed by atoms with Gasteiger partial charge < -0.3 is 24.4 Å². The maximum Gasteiger partial charge on any atom is 0.295 e. The van der Waals surface area contributed by atoms with E-state index >= 15 is 0 Å². The molecule has 0 aliphatic carbocycles. The number of likely N-dealkylation sites (tertiary alicyclic amines) is 1. The number of aliphatic hydroxyl groups is 1. The van der Waals surface area contributed by atoms with Crippen molar-refractivity contribution in [2.75, 3.05) is 40.9 Å². The SMILES string of the molecule is CCCOc1ccc(C2/C(=C(\O)c3ccc(Cl)cc3)C(=O)C(=O)N2CCCN(C)C)cc1OC. The second kappa shape index (κ2) is 11.4. The zero-order valence-corrected chi connectivity index (χ0v) is 20.8. The molecule has 1 unspecified atom stereocenters. The maximum absolute atomic E-state index is 13.1. The zero-order chi connectivity index (χ0) is 24.8. The number of nitrogens with zero attached hydrogens (tertiary/aromatic N) is 2. The molecule has 1 fully saturated rings. The van der Waals surface area contributed by atoms with Gasteiger partial charge in [0, 0.05) is 17.1 Å². The average molecular weight is 487 g/mol. The standard InChI is InChI=1S/C26H31ClN2O5/c1-5-15-34-20-12-9-18(16-21(20)33-4)23-22(24(30)17-7-10-19(27)11-8-17)25(31)26(32)29(23)14-6-13-28(2)3/h7-12,16,23,30H,5-6,13-15H2,1-4H3/b24-22+. The largest absolute Gasteiger partial charge is 0.507 e. The third-order valence-corrected chi connectivity index (χ3v) is 5.88. The average Bonchev–Trinajstić information content (AvgIpc) is 3.07. The van der Waals surface area contributed by atoms with Crippen molar-refractivity contribution in [2.45, 2.75) is 25.8 Å². The van der Waals surface area contributed by atoms with Crippen molar-refractivity contribution in [1.29, 1.82) is 0 Å². The van der Waals surface area contributed by atoms with Crippen LogP contribution < -0.4 is 9.47 Å². The highest BCUT2D eigenvalue weighted by molar-refractivity contribution is 6.46. The first-order chi connectivity index (χ1) is 16.3. The summed E-state index contributed by atoms with van der Waals surface area (Å²) in [7, 11) is 5.44. The number of ether oxygens (including phenoxy) is 2. The number of ketones is 1. The Labute approximate surface area is 205 Å². The van der Waals surface area contributed by atoms with Crippen LogP contribution in [-0.4, -0.2) is 67.5 Å². The van der Waals surface area contributed by atoms with Gasteiger partial charge in [0.05, 0.1) is 25.3 Å². The van der Waals surface area contributed by atoms with Crippen molar-refractivity contribution in [1.82, 2.24) is 9.80 Å². The minimum absolute atomic E-state index is 0.0430. The molecule has 3 rings (SSSR count). The van der Waals surface area contributed by atoms with Gasteiger partial charge in [-0.15, -0.1) is 0 Å². The monoisotopic (exact) mass is 486 g/mol. The number of hydrogen-bond acceptors (Lipinski definition) is 6. The van der Waals surface area contributed by atoms with Gasteiger partial charge in [-0.25, -0.2) is 0 Å². The van der Waals surface area contributed by atoms with E-state index in [0.717, 1.165) is 13.0 Å². The molecule has 8 heteroatoms. The number of aliphatic hydroxyl groups excluding tert-OH is 1. The molecule has 1 heterocycles. The van der Waals surface area contributed by atoms with Gasteiger partial charge in [0.25, 0.3) is 11.7 Å². The Kier molecular flexibility index (Phi) is 8.58. The van der Waals surface area contributed by atoms with Gasteiger partial charge in [0.2, 0.25) is 0 Å². The fourth-order valence-electron chi connectivity index (χ4n) is 3.96. The number of halogens is 1. The summed E-state index contributed by atoms with van der Waals surface area (Å²) >= 11 is 5.99. The summed E-state index contributed by atoms with van der Waals surface area (Å²) in [4.78, 5) is 29.7. The molecule has 0 spiro atoms. The summed E-state index contributed by atoms with van der Waals surface area (Å²) in [6, 6.07) is 11.1. The summed E-state index contributed by atoms with van der Waals surface area (Å²) < 4.78 is 11.3. The van der Waals surface area contributed by atoms with E-state index in [4.69, 9.17) is 21.1 Å². The predicted molar refractivity (Wildman–Crippen MR) is 132 cm³/mol. The van der Waals surface area contributed by atoms with Crippen molar-refractivity contribution in [3.05, 3.63) is 64.2 Å². The molecule has 0 saturated carbocycles. The second-order valence-corrected chi connectivity index (χ2v) is 8.85. The molecule has 2 aromatic rings. The van der Waals surface area contributed by atoms with Gasteiger partial charge in [-0.1, -0.05) is 24.6 Å². The lowest BCUT2D eigenvalue weighted by Crippen LogP contribution is -2.32. The number of carbonyl (C=O) groups excluding carboxylic acids is 2. The second-order valence-electron chi connectivity index (χ2n) is 8.41. The zero-order valence-electron chi connectivity index (χ0n) is 20.0. The Balaban J connectivity index is 2.10. The summed E-state index contributed by atoms with van der Waals surface area (Å²) in [5, 5.41) is 11.6. The highest BCUT2D eigenvalue weighted by Crippen LogP contribution is 2.42. The fraction of sp³-hybridized carbons (Fsp3) is 0.385. The Morgan fingerprint density at radius 1 is 1.12 bits per heavy atom. The molecule has 1 N–H and O–H groups in total. The van der Waals surface area contributed by atoms with Crippen LogP contribution in [0.3, 0.4) is 0 Å². The molecular formula is C26H31ClN2O5. The van der Waals surface area contributed by atoms with E-state index in [1.54, 1.807) is 49.6 Å². The minimum Gasteiger partial charge on any atom is -0.507 e. The lowest BCUT2D eigenvalue weighted by molar-refractivity contribution is -0.139. The van der Waals surface area contributed by atoms with Crippen LogP contribution >= 0.6 is 11.6 Å². The molecule has 1 saturated heterocycles. The van der Waals surface area contributed by atoms with Crippen LogP contribution in [0.25, 0.3) is 5.76 Å². The van der Waals surface area contributed by atoms with E-state index in [2.05, 4.69) is 0 Å². The number of methoxy groups -OCH3 is 1. The van der Waals surface area contributed by atoms with Crippen molar-refractivity contribution >= 4 is 29.1 Å². The van der Waals surface area contributed by atoms with Crippen LogP contribution in [0.1, 0.15) is 36.9 Å². The lowest BCUT2D eigenvalue weighted by Gasteiger charge is -2.26. The van der Waals surface area contributed by atoms with Gasteiger partial charge in [-0.2, -0.15) is 0 Å². The van der Waals surface area contributed by atoms with Crippen molar-refractivity contribution in [3.8, 4) is 11.5 Å². The predicted octanol–water partition coefficient (Wildman–Crippen LogP) is 4.51. The van der Waals surface area contributed by atoms with Crippen molar-refractivity contribution in [2.24, 2.45) is 0 Å². The molecule has 34 heavy (non-hydrogen) atoms. The summed E-state index contributed by atoms with van der Waals surface area (Å²) in [6.45, 7) is 3.66. The Bertz CT molecular complexity index is 1070. The molecule has 1 aliphatic rings. The fourth-order valence-corrected chi connectivity index (χ4v) is 4.09. The van der Waals surface area contributed by atoms with Gasteiger partial charge >= 0.3 is 0 Å². The maximum atomic E-state index is 13.1. The lowest BCUT2D eigenvalue weighted by atomic mass is 9.95. The molecule has 0 bridgehead atoms. The molecule has 0 radical (unpaired) electrons. The van der Waals surface area contributed by atoms with Crippen LogP contribution in [-0.2, 0) is 9.59 Å². The summed E-state index contributed by atoms with van der Waals surface area (Å²) in [5.74, 6) is -0.510. The van der Waals surface area contributed by atoms with Gasteiger partial charge in [0.1, 0.15) is 5.76 Å². The Morgan fingerprint density at radius 2 is 1.82 bits per heavy atom. The normalized spacial score (nSPS) is 17.5. The van der Waals surface area contributed by atoms with E-state index in [9.17, 15) is 14.7 Å². The van der Waals surface area contributed by atoms with E-state index in [1.165, 1.54) is 4.90 Å². The van der Waals surface area contributed by atoms with E-state index < -0.39 is 17.7 Å². The van der Waals surface area contributed by atoms with E-state index in [1.807, 2.05) is 25.9 Å². The first kappa shape index (κ1) is 25.6. The number of benzene rings is 2. The quantitative estimate of drug-likeness (QED) is 0.302. The topological polar surface area (TPSA) is 79.3 Å². The number of Topliss-reactive ketones (excluding diaryl/α,β-unsaturated/α-hetero) is 1. The van der Waals surface area contributed by atoms with E-state index in [-0.39, 0.29) is 11.3 Å². The van der Waals surface area contributed by atoms with Gasteiger partial charge in [-0.05, 0) is 75.4 Å². The highest BCUT2D eigenvalue weighted by Gasteiger charge is 2.46. The first-order valence-electron chi connectivity index (χ1n) is 11.3. The molecule has 1 amide bonds. The molecule has 1 atom stereocenters. The minimum atomic E-state index is -0.757. The van der Waals surface area contributed by atoms with Crippen molar-refractivity contribution < 1.29 is 24.2 Å². The van der Waals surface area contributed by atoms with Crippen LogP contribution in [0.5, 0.6) is 11.5 Å². The molecular weight excluding hydrogens is 456 g/mol. The number of hydrogen-bond donors (Lipinski definition) is 1. The Morgan fingerprint density at radius 3 is 2.44 bits per heavy atom. The van der Waals surface area contributed by atoms with E-state index in [0.29, 0.717) is 47.2 Å². The third kappa shape index (κ3) is 5.54. The van der Waals surface area contributed by atoms with Crippen LogP contribution in [0, 0.1) is 0 Å². The van der Waals surface area contributed by atoms with Gasteiger partial charge in [-0.3, -0.25) is 9.59 Å². The molecule has 0 aromatic heterocycles. The van der Waals surface area contributed by atoms with Crippen LogP contribution in [0.4, 0.5) is 0 Å². The molecule has 7 nitrogen and oxygen atoms in total. The molecule has 182 valence electrons. The highest BCUT2D eigenvalue weighted by atomic mass is 35.5.